The topological polar surface area (TPSA) is 167 Å². The molecule has 0 aliphatic carbocycles. The fourth-order valence-electron chi connectivity index (χ4n) is 4.46. The molecule has 2 aromatic carbocycles. The van der Waals surface area contributed by atoms with Gasteiger partial charge in [-0.05, 0) is 55.3 Å². The number of carbonyl (C=O) groups is 3. The van der Waals surface area contributed by atoms with Gasteiger partial charge in [0.05, 0.1) is 11.0 Å². The van der Waals surface area contributed by atoms with Crippen molar-refractivity contribution in [3.05, 3.63) is 84.6 Å². The number of nitrogens with zero attached hydrogens (tertiary/aromatic N) is 2. The second-order valence-corrected chi connectivity index (χ2v) is 11.6. The van der Waals surface area contributed by atoms with Gasteiger partial charge < -0.3 is 25.8 Å². The number of pyridine rings is 1. The second kappa shape index (κ2) is 14.0. The Morgan fingerprint density at radius 3 is 2.43 bits per heavy atom. The molecule has 0 radical (unpaired) electrons. The maximum atomic E-state index is 13.2. The SMILES string of the molecule is CC1OCN(S(=O)(=O)c2ccccc2)[C@@H]1C(=O)N[C@@H](Cc1ccc(NC(=O)CCCNc2ccccn2)cc1)C(=O)O. The number of nitrogens with one attached hydrogen (secondary N) is 3. The van der Waals surface area contributed by atoms with E-state index in [1.807, 2.05) is 18.2 Å². The highest BCUT2D eigenvalue weighted by atomic mass is 32.2. The number of carboxylic acid groups (broad SMARTS) is 1. The third kappa shape index (κ3) is 7.90. The maximum absolute atomic E-state index is 13.2. The Labute approximate surface area is 244 Å². The van der Waals surface area contributed by atoms with Crippen LogP contribution in [0.4, 0.5) is 11.5 Å². The quantitative estimate of drug-likeness (QED) is 0.217. The van der Waals surface area contributed by atoms with Crippen LogP contribution in [0, 0.1) is 0 Å². The van der Waals surface area contributed by atoms with Crippen LogP contribution in [-0.4, -0.2) is 72.1 Å². The summed E-state index contributed by atoms with van der Waals surface area (Å²) >= 11 is 0. The van der Waals surface area contributed by atoms with Gasteiger partial charge in [0, 0.05) is 31.3 Å². The third-order valence-corrected chi connectivity index (χ3v) is 8.50. The van der Waals surface area contributed by atoms with Crippen molar-refractivity contribution in [2.75, 3.05) is 23.9 Å². The molecule has 2 amide bonds. The molecule has 12 nitrogen and oxygen atoms in total. The molecule has 1 aliphatic rings. The zero-order chi connectivity index (χ0) is 30.1. The Kier molecular flexibility index (Phi) is 10.2. The van der Waals surface area contributed by atoms with Crippen LogP contribution < -0.4 is 16.0 Å². The summed E-state index contributed by atoms with van der Waals surface area (Å²) in [6.45, 7) is 1.82. The summed E-state index contributed by atoms with van der Waals surface area (Å²) in [6, 6.07) is 17.3. The van der Waals surface area contributed by atoms with Crippen molar-refractivity contribution in [1.82, 2.24) is 14.6 Å². The van der Waals surface area contributed by atoms with E-state index in [4.69, 9.17) is 4.74 Å². The van der Waals surface area contributed by atoms with Gasteiger partial charge in [-0.25, -0.2) is 18.2 Å². The zero-order valence-electron chi connectivity index (χ0n) is 23.0. The predicted molar refractivity (Wildman–Crippen MR) is 155 cm³/mol. The summed E-state index contributed by atoms with van der Waals surface area (Å²) in [5, 5.41) is 18.2. The van der Waals surface area contributed by atoms with Gasteiger partial charge in [0.25, 0.3) is 0 Å². The van der Waals surface area contributed by atoms with Crippen LogP contribution in [0.5, 0.6) is 0 Å². The van der Waals surface area contributed by atoms with E-state index in [-0.39, 0.29) is 24.0 Å². The molecule has 1 aliphatic heterocycles. The molecule has 3 aromatic rings. The highest BCUT2D eigenvalue weighted by molar-refractivity contribution is 7.89. The molecule has 222 valence electrons. The van der Waals surface area contributed by atoms with Crippen LogP contribution in [0.2, 0.25) is 0 Å². The largest absolute Gasteiger partial charge is 0.480 e. The van der Waals surface area contributed by atoms with Crippen molar-refractivity contribution >= 4 is 39.3 Å². The first-order valence-electron chi connectivity index (χ1n) is 13.4. The van der Waals surface area contributed by atoms with Gasteiger partial charge in [-0.15, -0.1) is 0 Å². The minimum absolute atomic E-state index is 0.00335. The van der Waals surface area contributed by atoms with E-state index in [1.165, 1.54) is 12.1 Å². The molecule has 1 saturated heterocycles. The molecule has 0 spiro atoms. The number of carboxylic acids is 1. The highest BCUT2D eigenvalue weighted by Crippen LogP contribution is 2.26. The Morgan fingerprint density at radius 1 is 1.05 bits per heavy atom. The summed E-state index contributed by atoms with van der Waals surface area (Å²) in [5.74, 6) is -1.47. The Balaban J connectivity index is 1.31. The van der Waals surface area contributed by atoms with Crippen LogP contribution >= 0.6 is 0 Å². The number of amides is 2. The summed E-state index contributed by atoms with van der Waals surface area (Å²) < 4.78 is 32.7. The number of anilines is 2. The lowest BCUT2D eigenvalue weighted by Gasteiger charge is -2.25. The van der Waals surface area contributed by atoms with E-state index in [9.17, 15) is 27.9 Å². The number of ether oxygens (including phenoxy) is 1. The molecule has 4 rings (SSSR count). The molecule has 4 N–H and O–H groups in total. The summed E-state index contributed by atoms with van der Waals surface area (Å²) in [6.07, 6.45) is 1.75. The molecule has 42 heavy (non-hydrogen) atoms. The van der Waals surface area contributed by atoms with E-state index in [2.05, 4.69) is 20.9 Å². The van der Waals surface area contributed by atoms with Crippen LogP contribution in [0.3, 0.4) is 0 Å². The number of hydrogen-bond acceptors (Lipinski definition) is 8. The molecule has 1 fully saturated rings. The molecule has 3 atom stereocenters. The van der Waals surface area contributed by atoms with Gasteiger partial charge >= 0.3 is 5.97 Å². The molecule has 2 heterocycles. The number of sulfonamides is 1. The maximum Gasteiger partial charge on any atom is 0.326 e. The van der Waals surface area contributed by atoms with E-state index in [1.54, 1.807) is 55.6 Å². The lowest BCUT2D eigenvalue weighted by molar-refractivity contribution is -0.142. The van der Waals surface area contributed by atoms with Crippen molar-refractivity contribution in [3.8, 4) is 0 Å². The van der Waals surface area contributed by atoms with Gasteiger partial charge in [0.1, 0.15) is 24.6 Å². The average molecular weight is 596 g/mol. The van der Waals surface area contributed by atoms with Crippen LogP contribution in [-0.2, 0) is 35.6 Å². The number of hydrogen-bond donors (Lipinski definition) is 4. The molecule has 0 bridgehead atoms. The highest BCUT2D eigenvalue weighted by Gasteiger charge is 2.45. The summed E-state index contributed by atoms with van der Waals surface area (Å²) in [5.41, 5.74) is 1.15. The van der Waals surface area contributed by atoms with E-state index < -0.39 is 40.1 Å². The van der Waals surface area contributed by atoms with Crippen LogP contribution in [0.25, 0.3) is 0 Å². The number of rotatable bonds is 13. The molecule has 0 saturated carbocycles. The van der Waals surface area contributed by atoms with E-state index in [0.29, 0.717) is 30.6 Å². The lowest BCUT2D eigenvalue weighted by Crippen LogP contribution is -2.54. The molecule has 1 aromatic heterocycles. The first kappa shape index (κ1) is 30.6. The number of aromatic nitrogens is 1. The van der Waals surface area contributed by atoms with Crippen molar-refractivity contribution in [1.29, 1.82) is 0 Å². The molecular formula is C29H33N5O7S. The van der Waals surface area contributed by atoms with Crippen molar-refractivity contribution < 1.29 is 32.6 Å². The Hall–Kier alpha value is -4.33. The lowest BCUT2D eigenvalue weighted by atomic mass is 10.0. The summed E-state index contributed by atoms with van der Waals surface area (Å²) in [7, 11) is -4.06. The van der Waals surface area contributed by atoms with E-state index >= 15 is 0 Å². The van der Waals surface area contributed by atoms with Crippen LogP contribution in [0.1, 0.15) is 25.3 Å². The Bertz CT molecular complexity index is 1470. The minimum atomic E-state index is -4.06. The van der Waals surface area contributed by atoms with E-state index in [0.717, 1.165) is 10.1 Å². The number of benzene rings is 2. The zero-order valence-corrected chi connectivity index (χ0v) is 23.8. The van der Waals surface area contributed by atoms with Gasteiger partial charge in [-0.2, -0.15) is 4.31 Å². The third-order valence-electron chi connectivity index (χ3n) is 6.68. The first-order chi connectivity index (χ1) is 20.1. The van der Waals surface area contributed by atoms with Crippen LogP contribution in [0.15, 0.2) is 83.9 Å². The second-order valence-electron chi connectivity index (χ2n) is 9.74. The Morgan fingerprint density at radius 2 is 1.76 bits per heavy atom. The van der Waals surface area contributed by atoms with Gasteiger partial charge in [-0.1, -0.05) is 36.4 Å². The van der Waals surface area contributed by atoms with Gasteiger partial charge in [0.15, 0.2) is 0 Å². The van der Waals surface area contributed by atoms with Gasteiger partial charge in [0.2, 0.25) is 21.8 Å². The molecule has 13 heteroatoms. The average Bonchev–Trinajstić information content (AvgIpc) is 3.39. The smallest absolute Gasteiger partial charge is 0.326 e. The fourth-order valence-corrected chi connectivity index (χ4v) is 6.00. The monoisotopic (exact) mass is 595 g/mol. The predicted octanol–water partition coefficient (Wildman–Crippen LogP) is 2.46. The summed E-state index contributed by atoms with van der Waals surface area (Å²) in [4.78, 5) is 41.7. The molecule has 1 unspecified atom stereocenters. The minimum Gasteiger partial charge on any atom is -0.480 e. The normalized spacial score (nSPS) is 17.7. The fraction of sp³-hybridized carbons (Fsp3) is 0.310. The standard InChI is InChI=1S/C29H33N5O7S/c1-20-27(34(19-41-20)42(39,40)23-8-3-2-4-9-23)28(36)33-24(29(37)38)18-21-12-14-22(15-13-21)32-26(35)11-7-17-31-25-10-5-6-16-30-25/h2-6,8-10,12-16,20,24,27H,7,11,17-19H2,1H3,(H,30,31)(H,32,35)(H,33,36)(H,37,38)/t20?,24-,27-/m0/s1. The first-order valence-corrected chi connectivity index (χ1v) is 14.8. The molecular weight excluding hydrogens is 562 g/mol. The van der Waals surface area contributed by atoms with Crippen molar-refractivity contribution in [3.63, 3.8) is 0 Å². The van der Waals surface area contributed by atoms with Gasteiger partial charge in [-0.3, -0.25) is 9.59 Å². The van der Waals surface area contributed by atoms with Crippen molar-refractivity contribution in [2.45, 2.75) is 49.3 Å². The number of aliphatic carboxylic acids is 1. The number of carbonyl (C=O) groups excluding carboxylic acids is 2. The van der Waals surface area contributed by atoms with Crippen molar-refractivity contribution in [2.24, 2.45) is 0 Å².